The Balaban J connectivity index is 1.85. The zero-order valence-corrected chi connectivity index (χ0v) is 12.9. The molecule has 114 valence electrons. The lowest BCUT2D eigenvalue weighted by Gasteiger charge is -2.15. The summed E-state index contributed by atoms with van der Waals surface area (Å²) in [6.45, 7) is 1.88. The Morgan fingerprint density at radius 1 is 1.14 bits per heavy atom. The molecular weight excluding hydrogens is 304 g/mol. The van der Waals surface area contributed by atoms with Crippen molar-refractivity contribution in [1.82, 2.24) is 19.6 Å². The van der Waals surface area contributed by atoms with E-state index < -0.39 is 9.84 Å². The normalized spacial score (nSPS) is 13.2. The summed E-state index contributed by atoms with van der Waals surface area (Å²) in [5, 5.41) is 4.11. The summed E-state index contributed by atoms with van der Waals surface area (Å²) in [5.74, 6) is 1.07. The number of aromatic nitrogens is 4. The van der Waals surface area contributed by atoms with Crippen molar-refractivity contribution in [2.45, 2.75) is 17.9 Å². The van der Waals surface area contributed by atoms with Gasteiger partial charge in [0.25, 0.3) is 5.78 Å². The van der Waals surface area contributed by atoms with E-state index in [1.54, 1.807) is 28.9 Å². The van der Waals surface area contributed by atoms with Crippen LogP contribution < -0.4 is 4.74 Å². The Bertz CT molecular complexity index is 903. The molecule has 0 radical (unpaired) electrons. The van der Waals surface area contributed by atoms with Crippen LogP contribution >= 0.6 is 0 Å². The first kappa shape index (κ1) is 14.5. The average molecular weight is 318 g/mol. The molecule has 3 aromatic rings. The van der Waals surface area contributed by atoms with Crippen molar-refractivity contribution in [2.24, 2.45) is 0 Å². The summed E-state index contributed by atoms with van der Waals surface area (Å²) in [6, 6.07) is 8.11. The van der Waals surface area contributed by atoms with Crippen LogP contribution in [0.2, 0.25) is 0 Å². The van der Waals surface area contributed by atoms with Gasteiger partial charge in [-0.05, 0) is 37.3 Å². The molecule has 0 saturated carbocycles. The molecule has 3 rings (SSSR count). The molecule has 0 N–H and O–H groups in total. The Kier molecular flexibility index (Phi) is 3.53. The van der Waals surface area contributed by atoms with Crippen molar-refractivity contribution >= 4 is 15.6 Å². The fraction of sp³-hybridized carbons (Fsp3) is 0.214. The summed E-state index contributed by atoms with van der Waals surface area (Å²) in [6.07, 6.45) is 3.95. The topological polar surface area (TPSA) is 86.5 Å². The maximum Gasteiger partial charge on any atom is 0.252 e. The molecule has 0 aliphatic carbocycles. The molecule has 7 nitrogen and oxygen atoms in total. The molecule has 1 atom stereocenters. The third kappa shape index (κ3) is 2.77. The second-order valence-corrected chi connectivity index (χ2v) is 6.86. The van der Waals surface area contributed by atoms with Crippen LogP contribution in [0.4, 0.5) is 0 Å². The van der Waals surface area contributed by atoms with Gasteiger partial charge in [-0.25, -0.2) is 13.4 Å². The van der Waals surface area contributed by atoms with Crippen molar-refractivity contribution in [3.05, 3.63) is 48.5 Å². The van der Waals surface area contributed by atoms with Gasteiger partial charge in [-0.15, -0.1) is 0 Å². The third-order valence-electron chi connectivity index (χ3n) is 3.19. The molecule has 22 heavy (non-hydrogen) atoms. The maximum atomic E-state index is 11.4. The number of hydrogen-bond donors (Lipinski definition) is 0. The molecule has 0 fully saturated rings. The molecular formula is C14H14N4O3S. The molecule has 0 bridgehead atoms. The quantitative estimate of drug-likeness (QED) is 0.727. The summed E-state index contributed by atoms with van der Waals surface area (Å²) >= 11 is 0. The van der Waals surface area contributed by atoms with Gasteiger partial charge < -0.3 is 4.74 Å². The number of nitrogens with zero attached hydrogens (tertiary/aromatic N) is 4. The highest BCUT2D eigenvalue weighted by Crippen LogP contribution is 2.22. The van der Waals surface area contributed by atoms with Gasteiger partial charge in [0.05, 0.1) is 10.6 Å². The van der Waals surface area contributed by atoms with Crippen molar-refractivity contribution in [1.29, 1.82) is 0 Å². The predicted molar refractivity (Wildman–Crippen MR) is 79.4 cm³/mol. The van der Waals surface area contributed by atoms with Crippen molar-refractivity contribution in [3.8, 4) is 5.75 Å². The highest BCUT2D eigenvalue weighted by molar-refractivity contribution is 7.90. The van der Waals surface area contributed by atoms with Gasteiger partial charge in [0.1, 0.15) is 18.2 Å². The lowest BCUT2D eigenvalue weighted by Crippen LogP contribution is -2.10. The summed E-state index contributed by atoms with van der Waals surface area (Å²) in [7, 11) is -3.21. The minimum atomic E-state index is -3.21. The van der Waals surface area contributed by atoms with E-state index in [-0.39, 0.29) is 11.0 Å². The molecule has 2 aromatic heterocycles. The number of ether oxygens (including phenoxy) is 1. The first-order valence-corrected chi connectivity index (χ1v) is 8.46. The number of fused-ring (bicyclic) bond motifs is 1. The second kappa shape index (κ2) is 5.38. The zero-order chi connectivity index (χ0) is 15.7. The second-order valence-electron chi connectivity index (χ2n) is 4.85. The summed E-state index contributed by atoms with van der Waals surface area (Å²) in [4.78, 5) is 8.38. The van der Waals surface area contributed by atoms with E-state index in [2.05, 4.69) is 15.1 Å². The van der Waals surface area contributed by atoms with E-state index in [0.717, 1.165) is 5.69 Å². The van der Waals surface area contributed by atoms with E-state index in [1.807, 2.05) is 6.92 Å². The minimum absolute atomic E-state index is 0.259. The van der Waals surface area contributed by atoms with Crippen molar-refractivity contribution in [2.75, 3.05) is 6.26 Å². The maximum absolute atomic E-state index is 11.4. The fourth-order valence-corrected chi connectivity index (χ4v) is 2.72. The van der Waals surface area contributed by atoms with E-state index in [0.29, 0.717) is 11.5 Å². The van der Waals surface area contributed by atoms with Gasteiger partial charge in [-0.3, -0.25) is 0 Å². The lowest BCUT2D eigenvalue weighted by molar-refractivity contribution is 0.218. The van der Waals surface area contributed by atoms with Gasteiger partial charge in [0.15, 0.2) is 9.84 Å². The van der Waals surface area contributed by atoms with Crippen molar-refractivity contribution < 1.29 is 13.2 Å². The number of hydrogen-bond acceptors (Lipinski definition) is 6. The molecule has 0 aliphatic heterocycles. The first-order valence-electron chi connectivity index (χ1n) is 6.56. The smallest absolute Gasteiger partial charge is 0.252 e. The van der Waals surface area contributed by atoms with Crippen LogP contribution in [-0.2, 0) is 9.84 Å². The van der Waals surface area contributed by atoms with Crippen LogP contribution in [0.15, 0.2) is 47.8 Å². The molecule has 1 aromatic carbocycles. The van der Waals surface area contributed by atoms with Crippen LogP contribution in [0.1, 0.15) is 18.7 Å². The summed E-state index contributed by atoms with van der Waals surface area (Å²) < 4.78 is 30.3. The average Bonchev–Trinajstić information content (AvgIpc) is 2.95. The number of sulfone groups is 1. The minimum Gasteiger partial charge on any atom is -0.484 e. The molecule has 0 amide bonds. The van der Waals surface area contributed by atoms with Gasteiger partial charge in [-0.2, -0.15) is 14.6 Å². The van der Waals surface area contributed by atoms with Crippen LogP contribution in [0.5, 0.6) is 5.75 Å². The largest absolute Gasteiger partial charge is 0.484 e. The van der Waals surface area contributed by atoms with Crippen LogP contribution in [0.3, 0.4) is 0 Å². The Labute approximate surface area is 127 Å². The van der Waals surface area contributed by atoms with Crippen LogP contribution in [-0.4, -0.2) is 34.3 Å². The third-order valence-corrected chi connectivity index (χ3v) is 4.32. The van der Waals surface area contributed by atoms with Crippen LogP contribution in [0, 0.1) is 0 Å². The lowest BCUT2D eigenvalue weighted by atomic mass is 10.2. The summed E-state index contributed by atoms with van der Waals surface area (Å²) in [5.41, 5.74) is 0.801. The number of benzene rings is 1. The van der Waals surface area contributed by atoms with E-state index in [1.165, 1.54) is 24.7 Å². The predicted octanol–water partition coefficient (Wildman–Crippen LogP) is 1.67. The Morgan fingerprint density at radius 2 is 1.86 bits per heavy atom. The van der Waals surface area contributed by atoms with E-state index >= 15 is 0 Å². The standard InChI is InChI=1S/C14H14N4O3S/c1-10(13-7-8-15-14-16-9-17-18(13)14)21-11-3-5-12(6-4-11)22(2,19)20/h3-10H,1-2H3. The van der Waals surface area contributed by atoms with E-state index in [9.17, 15) is 8.42 Å². The SMILES string of the molecule is CC(Oc1ccc(S(C)(=O)=O)cc1)c1ccnc2ncnn12. The molecule has 0 aliphatic rings. The molecule has 0 spiro atoms. The highest BCUT2D eigenvalue weighted by atomic mass is 32.2. The Morgan fingerprint density at radius 3 is 2.55 bits per heavy atom. The van der Waals surface area contributed by atoms with Crippen molar-refractivity contribution in [3.63, 3.8) is 0 Å². The molecule has 2 heterocycles. The monoisotopic (exact) mass is 318 g/mol. The van der Waals surface area contributed by atoms with Gasteiger partial charge >= 0.3 is 0 Å². The Hall–Kier alpha value is -2.48. The van der Waals surface area contributed by atoms with Crippen LogP contribution in [0.25, 0.3) is 5.78 Å². The van der Waals surface area contributed by atoms with E-state index in [4.69, 9.17) is 4.74 Å². The first-order chi connectivity index (χ1) is 10.4. The van der Waals surface area contributed by atoms with Gasteiger partial charge in [0.2, 0.25) is 0 Å². The van der Waals surface area contributed by atoms with Gasteiger partial charge in [0, 0.05) is 12.5 Å². The molecule has 0 saturated heterocycles. The molecule has 1 unspecified atom stereocenters. The fourth-order valence-electron chi connectivity index (χ4n) is 2.09. The van der Waals surface area contributed by atoms with Gasteiger partial charge in [-0.1, -0.05) is 0 Å². The zero-order valence-electron chi connectivity index (χ0n) is 12.0. The highest BCUT2D eigenvalue weighted by Gasteiger charge is 2.13. The molecule has 8 heteroatoms. The number of rotatable bonds is 4.